The van der Waals surface area contributed by atoms with Crippen LogP contribution in [0.4, 0.5) is 4.39 Å². The lowest BCUT2D eigenvalue weighted by atomic mass is 10.2. The van der Waals surface area contributed by atoms with E-state index < -0.39 is 11.8 Å². The van der Waals surface area contributed by atoms with E-state index in [0.717, 1.165) is 29.3 Å². The number of hydrogen-bond donors (Lipinski definition) is 1. The molecule has 0 aliphatic rings. The van der Waals surface area contributed by atoms with Gasteiger partial charge in [0.15, 0.2) is 0 Å². The van der Waals surface area contributed by atoms with Gasteiger partial charge >= 0.3 is 5.97 Å². The molecule has 0 radical (unpaired) electrons. The number of aryl methyl sites for hydroxylation is 1. The first-order valence-corrected chi connectivity index (χ1v) is 6.56. The van der Waals surface area contributed by atoms with Crippen LogP contribution in [0.3, 0.4) is 0 Å². The number of thiazole rings is 1. The zero-order valence-corrected chi connectivity index (χ0v) is 11.0. The van der Waals surface area contributed by atoms with Gasteiger partial charge in [0.2, 0.25) is 0 Å². The van der Waals surface area contributed by atoms with Gasteiger partial charge in [0.05, 0.1) is 16.3 Å². The number of nitrogens with zero attached hydrogens (tertiary/aromatic N) is 1. The van der Waals surface area contributed by atoms with E-state index in [1.54, 1.807) is 0 Å². The molecule has 0 atom stereocenters. The zero-order chi connectivity index (χ0) is 13.8. The van der Waals surface area contributed by atoms with E-state index in [-0.39, 0.29) is 17.9 Å². The van der Waals surface area contributed by atoms with E-state index in [2.05, 4.69) is 4.98 Å². The van der Waals surface area contributed by atoms with Gasteiger partial charge in [0, 0.05) is 11.4 Å². The van der Waals surface area contributed by atoms with Crippen LogP contribution in [-0.4, -0.2) is 16.1 Å². The minimum Gasteiger partial charge on any atom is -0.487 e. The van der Waals surface area contributed by atoms with Crippen LogP contribution in [0.25, 0.3) is 0 Å². The third-order valence-corrected chi connectivity index (χ3v) is 3.45. The Kier molecular flexibility index (Phi) is 4.11. The maximum Gasteiger partial charge on any atom is 0.335 e. The summed E-state index contributed by atoms with van der Waals surface area (Å²) in [5.74, 6) is -1.64. The van der Waals surface area contributed by atoms with Crippen molar-refractivity contribution < 1.29 is 19.0 Å². The van der Waals surface area contributed by atoms with E-state index in [1.807, 2.05) is 12.3 Å². The van der Waals surface area contributed by atoms with Crippen molar-refractivity contribution in [2.75, 3.05) is 0 Å². The number of carboxylic acids is 1. The molecule has 0 aliphatic heterocycles. The Labute approximate surface area is 113 Å². The van der Waals surface area contributed by atoms with Crippen molar-refractivity contribution in [1.29, 1.82) is 0 Å². The van der Waals surface area contributed by atoms with Gasteiger partial charge in [0.25, 0.3) is 0 Å². The standard InChI is InChI=1S/C13H12FNO3S/c1-2-12-15-10(7-19-12)6-18-11-4-8(13(16)17)3-9(14)5-11/h3-5,7H,2,6H2,1H3,(H,16,17). The highest BCUT2D eigenvalue weighted by Crippen LogP contribution is 2.19. The van der Waals surface area contributed by atoms with Gasteiger partial charge in [-0.25, -0.2) is 14.2 Å². The number of aromatic carboxylic acids is 1. The molecule has 2 rings (SSSR count). The van der Waals surface area contributed by atoms with Crippen LogP contribution < -0.4 is 4.74 Å². The molecule has 0 saturated heterocycles. The monoisotopic (exact) mass is 281 g/mol. The Morgan fingerprint density at radius 1 is 1.47 bits per heavy atom. The van der Waals surface area contributed by atoms with Gasteiger partial charge in [-0.15, -0.1) is 11.3 Å². The average molecular weight is 281 g/mol. The second-order valence-corrected chi connectivity index (χ2v) is 4.80. The van der Waals surface area contributed by atoms with E-state index >= 15 is 0 Å². The molecule has 100 valence electrons. The van der Waals surface area contributed by atoms with E-state index in [1.165, 1.54) is 17.4 Å². The third-order valence-electron chi connectivity index (χ3n) is 2.41. The molecule has 6 heteroatoms. The second kappa shape index (κ2) is 5.79. The van der Waals surface area contributed by atoms with Crippen LogP contribution in [-0.2, 0) is 13.0 Å². The Hall–Kier alpha value is -1.95. The summed E-state index contributed by atoms with van der Waals surface area (Å²) in [7, 11) is 0. The first kappa shape index (κ1) is 13.5. The summed E-state index contributed by atoms with van der Waals surface area (Å²) in [6.45, 7) is 2.20. The Morgan fingerprint density at radius 3 is 2.89 bits per heavy atom. The van der Waals surface area contributed by atoms with Crippen LogP contribution in [0.15, 0.2) is 23.6 Å². The maximum atomic E-state index is 13.2. The van der Waals surface area contributed by atoms with Crippen molar-refractivity contribution in [2.24, 2.45) is 0 Å². The van der Waals surface area contributed by atoms with Gasteiger partial charge in [0.1, 0.15) is 18.2 Å². The lowest BCUT2D eigenvalue weighted by Crippen LogP contribution is -2.01. The average Bonchev–Trinajstić information content (AvgIpc) is 2.83. The first-order chi connectivity index (χ1) is 9.08. The van der Waals surface area contributed by atoms with Gasteiger partial charge < -0.3 is 9.84 Å². The number of carbonyl (C=O) groups is 1. The lowest BCUT2D eigenvalue weighted by molar-refractivity contribution is 0.0695. The van der Waals surface area contributed by atoms with Gasteiger partial charge in [-0.05, 0) is 18.6 Å². The predicted octanol–water partition coefficient (Wildman–Crippen LogP) is 3.12. The number of carboxylic acid groups (broad SMARTS) is 1. The normalized spacial score (nSPS) is 10.4. The smallest absolute Gasteiger partial charge is 0.335 e. The number of rotatable bonds is 5. The SMILES string of the molecule is CCc1nc(COc2cc(F)cc(C(=O)O)c2)cs1. The molecular formula is C13H12FNO3S. The molecular weight excluding hydrogens is 269 g/mol. The number of halogens is 1. The lowest BCUT2D eigenvalue weighted by Gasteiger charge is -2.05. The summed E-state index contributed by atoms with van der Waals surface area (Å²) < 4.78 is 18.6. The highest BCUT2D eigenvalue weighted by Gasteiger charge is 2.08. The summed E-state index contributed by atoms with van der Waals surface area (Å²) in [6, 6.07) is 3.39. The highest BCUT2D eigenvalue weighted by molar-refractivity contribution is 7.09. The summed E-state index contributed by atoms with van der Waals surface area (Å²) in [6.07, 6.45) is 0.855. The minimum atomic E-state index is -1.19. The van der Waals surface area contributed by atoms with Crippen molar-refractivity contribution in [3.8, 4) is 5.75 Å². The highest BCUT2D eigenvalue weighted by atomic mass is 32.1. The molecule has 4 nitrogen and oxygen atoms in total. The van der Waals surface area contributed by atoms with Gasteiger partial charge in [-0.1, -0.05) is 6.92 Å². The summed E-state index contributed by atoms with van der Waals surface area (Å²) in [5, 5.41) is 11.7. The van der Waals surface area contributed by atoms with E-state index in [0.29, 0.717) is 0 Å². The Morgan fingerprint density at radius 2 is 2.26 bits per heavy atom. The molecule has 2 aromatic rings. The summed E-state index contributed by atoms with van der Waals surface area (Å²) in [4.78, 5) is 15.1. The summed E-state index contributed by atoms with van der Waals surface area (Å²) >= 11 is 1.54. The fourth-order valence-electron chi connectivity index (χ4n) is 1.50. The Bertz CT molecular complexity index is 597. The van der Waals surface area contributed by atoms with E-state index in [9.17, 15) is 9.18 Å². The van der Waals surface area contributed by atoms with Crippen molar-refractivity contribution in [1.82, 2.24) is 4.98 Å². The number of ether oxygens (including phenoxy) is 1. The van der Waals surface area contributed by atoms with Gasteiger partial charge in [-0.3, -0.25) is 0 Å². The van der Waals surface area contributed by atoms with Crippen LogP contribution in [0.2, 0.25) is 0 Å². The second-order valence-electron chi connectivity index (χ2n) is 3.86. The molecule has 1 heterocycles. The summed E-state index contributed by atoms with van der Waals surface area (Å²) in [5.41, 5.74) is 0.616. The number of benzene rings is 1. The van der Waals surface area contributed by atoms with Gasteiger partial charge in [-0.2, -0.15) is 0 Å². The Balaban J connectivity index is 2.08. The van der Waals surface area contributed by atoms with Crippen LogP contribution in [0, 0.1) is 5.82 Å². The van der Waals surface area contributed by atoms with Crippen molar-refractivity contribution in [3.05, 3.63) is 45.7 Å². The molecule has 0 spiro atoms. The van der Waals surface area contributed by atoms with Crippen LogP contribution in [0.5, 0.6) is 5.75 Å². The largest absolute Gasteiger partial charge is 0.487 e. The first-order valence-electron chi connectivity index (χ1n) is 5.68. The van der Waals surface area contributed by atoms with Crippen molar-refractivity contribution in [3.63, 3.8) is 0 Å². The number of aromatic nitrogens is 1. The van der Waals surface area contributed by atoms with Crippen molar-refractivity contribution >= 4 is 17.3 Å². The van der Waals surface area contributed by atoms with Crippen LogP contribution >= 0.6 is 11.3 Å². The number of hydrogen-bond acceptors (Lipinski definition) is 4. The molecule has 0 bridgehead atoms. The molecule has 0 fully saturated rings. The van der Waals surface area contributed by atoms with E-state index in [4.69, 9.17) is 9.84 Å². The fourth-order valence-corrected chi connectivity index (χ4v) is 2.23. The maximum absolute atomic E-state index is 13.2. The molecule has 0 amide bonds. The quantitative estimate of drug-likeness (QED) is 0.914. The molecule has 1 N–H and O–H groups in total. The molecule has 1 aromatic heterocycles. The van der Waals surface area contributed by atoms with Crippen molar-refractivity contribution in [2.45, 2.75) is 20.0 Å². The fraction of sp³-hybridized carbons (Fsp3) is 0.231. The predicted molar refractivity (Wildman–Crippen MR) is 69.2 cm³/mol. The molecule has 0 unspecified atom stereocenters. The topological polar surface area (TPSA) is 59.4 Å². The molecule has 0 aliphatic carbocycles. The zero-order valence-electron chi connectivity index (χ0n) is 10.2. The minimum absolute atomic E-state index is 0.137. The molecule has 1 aromatic carbocycles. The molecule has 0 saturated carbocycles. The van der Waals surface area contributed by atoms with Crippen LogP contribution in [0.1, 0.15) is 28.0 Å². The molecule has 19 heavy (non-hydrogen) atoms. The third kappa shape index (κ3) is 3.51.